The van der Waals surface area contributed by atoms with E-state index in [1.165, 1.54) is 0 Å². The molecular weight excluding hydrogens is 216 g/mol. The van der Waals surface area contributed by atoms with Crippen LogP contribution in [-0.2, 0) is 9.59 Å². The molecule has 0 aromatic carbocycles. The molecule has 17 heavy (non-hydrogen) atoms. The van der Waals surface area contributed by atoms with E-state index < -0.39 is 0 Å². The van der Waals surface area contributed by atoms with E-state index in [0.29, 0.717) is 18.7 Å². The van der Waals surface area contributed by atoms with Gasteiger partial charge in [0.25, 0.3) is 0 Å². The van der Waals surface area contributed by atoms with Crippen molar-refractivity contribution in [2.24, 2.45) is 5.92 Å². The molecule has 1 atom stereocenters. The zero-order valence-corrected chi connectivity index (χ0v) is 11.4. The topological polar surface area (TPSA) is 40.6 Å². The van der Waals surface area contributed by atoms with Crippen LogP contribution in [0.4, 0.5) is 0 Å². The molecule has 0 N–H and O–H groups in total. The predicted octanol–water partition coefficient (Wildman–Crippen LogP) is 1.15. The largest absolute Gasteiger partial charge is 0.342 e. The Kier molecular flexibility index (Phi) is 5.12. The molecule has 1 aliphatic rings. The van der Waals surface area contributed by atoms with Crippen molar-refractivity contribution in [3.8, 4) is 0 Å². The van der Waals surface area contributed by atoms with Gasteiger partial charge < -0.3 is 4.90 Å². The summed E-state index contributed by atoms with van der Waals surface area (Å²) >= 11 is 0. The Morgan fingerprint density at radius 2 is 2.18 bits per heavy atom. The molecule has 0 bridgehead atoms. The molecule has 98 valence electrons. The molecule has 1 amide bonds. The number of ketones is 1. The van der Waals surface area contributed by atoms with E-state index in [1.807, 2.05) is 27.8 Å². The van der Waals surface area contributed by atoms with Crippen LogP contribution in [0, 0.1) is 5.92 Å². The second kappa shape index (κ2) is 6.15. The maximum atomic E-state index is 11.9. The van der Waals surface area contributed by atoms with Crippen molar-refractivity contribution in [3.05, 3.63) is 0 Å². The molecule has 0 spiro atoms. The Morgan fingerprint density at radius 3 is 2.71 bits per heavy atom. The Hall–Kier alpha value is -0.900. The van der Waals surface area contributed by atoms with Crippen LogP contribution in [0.1, 0.15) is 33.6 Å². The third kappa shape index (κ3) is 3.80. The summed E-state index contributed by atoms with van der Waals surface area (Å²) in [4.78, 5) is 27.4. The Bertz CT molecular complexity index is 289. The van der Waals surface area contributed by atoms with Crippen molar-refractivity contribution in [2.75, 3.05) is 26.7 Å². The molecule has 1 heterocycles. The number of carbonyl (C=O) groups is 2. The van der Waals surface area contributed by atoms with Crippen LogP contribution in [-0.4, -0.2) is 54.2 Å². The fraction of sp³-hybridized carbons (Fsp3) is 0.846. The third-order valence-electron chi connectivity index (χ3n) is 3.63. The summed E-state index contributed by atoms with van der Waals surface area (Å²) in [6.45, 7) is 7.96. The molecule has 1 unspecified atom stereocenters. The smallest absolute Gasteiger partial charge is 0.236 e. The maximum absolute atomic E-state index is 11.9. The summed E-state index contributed by atoms with van der Waals surface area (Å²) in [7, 11) is 1.83. The van der Waals surface area contributed by atoms with Crippen molar-refractivity contribution in [3.63, 3.8) is 0 Å². The van der Waals surface area contributed by atoms with Crippen LogP contribution in [0.15, 0.2) is 0 Å². The van der Waals surface area contributed by atoms with Gasteiger partial charge in [0.15, 0.2) is 0 Å². The molecule has 0 aromatic rings. The molecule has 0 aromatic heterocycles. The summed E-state index contributed by atoms with van der Waals surface area (Å²) in [5, 5.41) is 0. The summed E-state index contributed by atoms with van der Waals surface area (Å²) in [5.41, 5.74) is 0. The lowest BCUT2D eigenvalue weighted by molar-refractivity contribution is -0.135. The molecule has 1 saturated heterocycles. The quantitative estimate of drug-likeness (QED) is 0.740. The summed E-state index contributed by atoms with van der Waals surface area (Å²) in [6.07, 6.45) is 1.47. The lowest BCUT2D eigenvalue weighted by atomic mass is 9.94. The Labute approximate surface area is 104 Å². The fourth-order valence-corrected chi connectivity index (χ4v) is 2.07. The molecule has 4 nitrogen and oxygen atoms in total. The number of nitrogens with zero attached hydrogens (tertiary/aromatic N) is 2. The van der Waals surface area contributed by atoms with Gasteiger partial charge in [-0.2, -0.15) is 0 Å². The maximum Gasteiger partial charge on any atom is 0.236 e. The highest BCUT2D eigenvalue weighted by Gasteiger charge is 2.27. The van der Waals surface area contributed by atoms with E-state index in [4.69, 9.17) is 0 Å². The number of likely N-dealkylation sites (tertiary alicyclic amines) is 1. The number of rotatable bonds is 4. The van der Waals surface area contributed by atoms with Crippen LogP contribution >= 0.6 is 0 Å². The fourth-order valence-electron chi connectivity index (χ4n) is 2.07. The second-order valence-corrected chi connectivity index (χ2v) is 5.15. The van der Waals surface area contributed by atoms with Gasteiger partial charge in [-0.1, -0.05) is 6.92 Å². The Morgan fingerprint density at radius 1 is 1.53 bits per heavy atom. The lowest BCUT2D eigenvalue weighted by Gasteiger charge is -2.32. The standard InChI is InChI=1S/C13H24N2O2/c1-5-11-8-15(7-6-12(11)16)9-13(17)14(4)10(2)3/h10-11H,5-9H2,1-4H3. The van der Waals surface area contributed by atoms with E-state index in [2.05, 4.69) is 4.90 Å². The lowest BCUT2D eigenvalue weighted by Crippen LogP contribution is -2.47. The molecule has 4 heteroatoms. The average molecular weight is 240 g/mol. The minimum atomic E-state index is 0.126. The third-order valence-corrected chi connectivity index (χ3v) is 3.63. The minimum absolute atomic E-state index is 0.126. The van der Waals surface area contributed by atoms with Crippen LogP contribution < -0.4 is 0 Å². The number of amides is 1. The van der Waals surface area contributed by atoms with Crippen molar-refractivity contribution in [2.45, 2.75) is 39.7 Å². The minimum Gasteiger partial charge on any atom is -0.342 e. The van der Waals surface area contributed by atoms with Gasteiger partial charge in [0.2, 0.25) is 5.91 Å². The van der Waals surface area contributed by atoms with Crippen molar-refractivity contribution in [1.82, 2.24) is 9.80 Å². The molecular formula is C13H24N2O2. The van der Waals surface area contributed by atoms with Gasteiger partial charge in [0, 0.05) is 38.5 Å². The van der Waals surface area contributed by atoms with Gasteiger partial charge in [-0.3, -0.25) is 14.5 Å². The van der Waals surface area contributed by atoms with Crippen LogP contribution in [0.25, 0.3) is 0 Å². The Balaban J connectivity index is 2.47. The van der Waals surface area contributed by atoms with E-state index in [-0.39, 0.29) is 17.9 Å². The number of Topliss-reactive ketones (excluding diaryl/α,β-unsaturated/α-hetero) is 1. The van der Waals surface area contributed by atoms with Gasteiger partial charge in [-0.25, -0.2) is 0 Å². The number of likely N-dealkylation sites (N-methyl/N-ethyl adjacent to an activating group) is 1. The number of hydrogen-bond acceptors (Lipinski definition) is 3. The van der Waals surface area contributed by atoms with E-state index in [1.54, 1.807) is 4.90 Å². The van der Waals surface area contributed by atoms with E-state index >= 15 is 0 Å². The predicted molar refractivity (Wildman–Crippen MR) is 67.8 cm³/mol. The van der Waals surface area contributed by atoms with Crippen molar-refractivity contribution >= 4 is 11.7 Å². The zero-order valence-electron chi connectivity index (χ0n) is 11.4. The van der Waals surface area contributed by atoms with Gasteiger partial charge in [-0.05, 0) is 20.3 Å². The summed E-state index contributed by atoms with van der Waals surface area (Å²) in [6, 6.07) is 0.232. The van der Waals surface area contributed by atoms with Crippen LogP contribution in [0.2, 0.25) is 0 Å². The number of hydrogen-bond donors (Lipinski definition) is 0. The van der Waals surface area contributed by atoms with Crippen LogP contribution in [0.5, 0.6) is 0 Å². The van der Waals surface area contributed by atoms with E-state index in [0.717, 1.165) is 19.5 Å². The van der Waals surface area contributed by atoms with E-state index in [9.17, 15) is 9.59 Å². The molecule has 1 fully saturated rings. The SMILES string of the molecule is CCC1CN(CC(=O)N(C)C(C)C)CCC1=O. The normalized spacial score (nSPS) is 21.9. The highest BCUT2D eigenvalue weighted by Crippen LogP contribution is 2.16. The van der Waals surface area contributed by atoms with Crippen molar-refractivity contribution in [1.29, 1.82) is 0 Å². The first-order valence-electron chi connectivity index (χ1n) is 6.46. The zero-order chi connectivity index (χ0) is 13.0. The monoisotopic (exact) mass is 240 g/mol. The first-order chi connectivity index (χ1) is 7.95. The first-order valence-corrected chi connectivity index (χ1v) is 6.46. The number of carbonyl (C=O) groups excluding carboxylic acids is 2. The molecule has 0 saturated carbocycles. The van der Waals surface area contributed by atoms with Gasteiger partial charge in [0.1, 0.15) is 5.78 Å². The average Bonchev–Trinajstić information content (AvgIpc) is 2.30. The molecule has 0 radical (unpaired) electrons. The highest BCUT2D eigenvalue weighted by atomic mass is 16.2. The number of piperidine rings is 1. The highest BCUT2D eigenvalue weighted by molar-refractivity contribution is 5.83. The van der Waals surface area contributed by atoms with Crippen LogP contribution in [0.3, 0.4) is 0 Å². The van der Waals surface area contributed by atoms with Crippen molar-refractivity contribution < 1.29 is 9.59 Å². The second-order valence-electron chi connectivity index (χ2n) is 5.15. The summed E-state index contributed by atoms with van der Waals surface area (Å²) < 4.78 is 0. The summed E-state index contributed by atoms with van der Waals surface area (Å²) in [5.74, 6) is 0.624. The van der Waals surface area contributed by atoms with Gasteiger partial charge >= 0.3 is 0 Å². The molecule has 0 aliphatic carbocycles. The van der Waals surface area contributed by atoms with Gasteiger partial charge in [0.05, 0.1) is 6.54 Å². The molecule has 1 rings (SSSR count). The van der Waals surface area contributed by atoms with Gasteiger partial charge in [-0.15, -0.1) is 0 Å². The molecule has 1 aliphatic heterocycles. The first kappa shape index (κ1) is 14.2.